The third-order valence-electron chi connectivity index (χ3n) is 4.27. The molecule has 0 aromatic heterocycles. The molecule has 0 unspecified atom stereocenters. The van der Waals surface area contributed by atoms with Gasteiger partial charge in [-0.15, -0.1) is 0 Å². The number of benzene rings is 2. The van der Waals surface area contributed by atoms with Crippen LogP contribution >= 0.6 is 0 Å². The molecule has 0 bridgehead atoms. The van der Waals surface area contributed by atoms with Crippen LogP contribution in [0.25, 0.3) is 6.08 Å². The third-order valence-corrected chi connectivity index (χ3v) is 4.27. The molecule has 0 spiro atoms. The minimum absolute atomic E-state index is 0.318. The second-order valence-corrected chi connectivity index (χ2v) is 5.99. The van der Waals surface area contributed by atoms with E-state index in [-0.39, 0.29) is 0 Å². The molecule has 7 heteroatoms. The van der Waals surface area contributed by atoms with E-state index in [2.05, 4.69) is 5.10 Å². The lowest BCUT2D eigenvalue weighted by Gasteiger charge is -2.13. The van der Waals surface area contributed by atoms with Crippen LogP contribution in [0.3, 0.4) is 0 Å². The molecule has 144 valence electrons. The molecular weight excluding hydrogens is 360 g/mol. The maximum Gasteiger partial charge on any atom is 0.283 e. The van der Waals surface area contributed by atoms with Gasteiger partial charge in [0.15, 0.2) is 11.5 Å². The molecule has 0 saturated heterocycles. The van der Waals surface area contributed by atoms with Gasteiger partial charge in [0.2, 0.25) is 5.75 Å². The molecule has 7 nitrogen and oxygen atoms in total. The summed E-state index contributed by atoms with van der Waals surface area (Å²) in [7, 11) is 4.55. The van der Waals surface area contributed by atoms with Crippen LogP contribution in [0.2, 0.25) is 0 Å². The number of hydrazone groups is 1. The van der Waals surface area contributed by atoms with Crippen molar-refractivity contribution in [3.05, 3.63) is 59.2 Å². The first-order valence-corrected chi connectivity index (χ1v) is 8.51. The van der Waals surface area contributed by atoms with Gasteiger partial charge in [0, 0.05) is 5.56 Å². The third kappa shape index (κ3) is 3.46. The van der Waals surface area contributed by atoms with Crippen molar-refractivity contribution in [1.29, 1.82) is 0 Å². The lowest BCUT2D eigenvalue weighted by atomic mass is 10.1. The maximum atomic E-state index is 12.8. The standard InChI is InChI=1S/C21H20N2O5/c1-13-16(10-14-11-17(26-2)19(28-4)18(12-14)27-3)21(25)23(22-13)20(24)15-8-6-5-7-9-15/h5-12H,1-4H3/b16-10+. The van der Waals surface area contributed by atoms with Crippen molar-refractivity contribution in [3.8, 4) is 17.2 Å². The minimum atomic E-state index is -0.486. The average Bonchev–Trinajstić information content (AvgIpc) is 3.01. The Morgan fingerprint density at radius 1 is 1.00 bits per heavy atom. The highest BCUT2D eigenvalue weighted by Gasteiger charge is 2.33. The summed E-state index contributed by atoms with van der Waals surface area (Å²) >= 11 is 0. The van der Waals surface area contributed by atoms with Crippen molar-refractivity contribution in [2.45, 2.75) is 6.92 Å². The van der Waals surface area contributed by atoms with Crippen molar-refractivity contribution in [1.82, 2.24) is 5.01 Å². The summed E-state index contributed by atoms with van der Waals surface area (Å²) in [5.41, 5.74) is 1.81. The molecule has 0 aliphatic carbocycles. The molecule has 0 fully saturated rings. The summed E-state index contributed by atoms with van der Waals surface area (Å²) < 4.78 is 16.0. The van der Waals surface area contributed by atoms with E-state index in [9.17, 15) is 9.59 Å². The Kier molecular flexibility index (Phi) is 5.44. The van der Waals surface area contributed by atoms with Crippen LogP contribution < -0.4 is 14.2 Å². The van der Waals surface area contributed by atoms with Gasteiger partial charge < -0.3 is 14.2 Å². The molecule has 2 aromatic rings. The van der Waals surface area contributed by atoms with Gasteiger partial charge in [0.05, 0.1) is 32.6 Å². The van der Waals surface area contributed by atoms with Crippen molar-refractivity contribution >= 4 is 23.6 Å². The molecule has 1 aliphatic rings. The lowest BCUT2D eigenvalue weighted by molar-refractivity contribution is -0.123. The number of amides is 2. The number of carbonyl (C=O) groups excluding carboxylic acids is 2. The smallest absolute Gasteiger partial charge is 0.283 e. The Hall–Kier alpha value is -3.61. The largest absolute Gasteiger partial charge is 0.493 e. The predicted molar refractivity (Wildman–Crippen MR) is 105 cm³/mol. The molecule has 2 amide bonds. The molecule has 28 heavy (non-hydrogen) atoms. The summed E-state index contributed by atoms with van der Waals surface area (Å²) in [6.07, 6.45) is 1.64. The molecule has 0 radical (unpaired) electrons. The molecule has 0 N–H and O–H groups in total. The van der Waals surface area contributed by atoms with Crippen LogP contribution in [0.1, 0.15) is 22.8 Å². The van der Waals surface area contributed by atoms with Crippen LogP contribution in [-0.2, 0) is 4.79 Å². The van der Waals surface area contributed by atoms with Crippen molar-refractivity contribution in [2.24, 2.45) is 5.10 Å². The van der Waals surface area contributed by atoms with Gasteiger partial charge in [-0.3, -0.25) is 9.59 Å². The summed E-state index contributed by atoms with van der Waals surface area (Å²) in [6.45, 7) is 1.68. The van der Waals surface area contributed by atoms with Crippen LogP contribution in [0.5, 0.6) is 17.2 Å². The van der Waals surface area contributed by atoms with E-state index >= 15 is 0 Å². The molecule has 0 saturated carbocycles. The van der Waals surface area contributed by atoms with E-state index in [0.717, 1.165) is 5.01 Å². The van der Waals surface area contributed by atoms with Gasteiger partial charge in [-0.2, -0.15) is 10.1 Å². The highest BCUT2D eigenvalue weighted by atomic mass is 16.5. The van der Waals surface area contributed by atoms with Gasteiger partial charge in [-0.05, 0) is 42.8 Å². The van der Waals surface area contributed by atoms with Gasteiger partial charge in [-0.1, -0.05) is 18.2 Å². The van der Waals surface area contributed by atoms with E-state index in [4.69, 9.17) is 14.2 Å². The van der Waals surface area contributed by atoms with Crippen LogP contribution in [0, 0.1) is 0 Å². The number of hydrogen-bond acceptors (Lipinski definition) is 6. The fourth-order valence-electron chi connectivity index (χ4n) is 2.88. The average molecular weight is 380 g/mol. The fourth-order valence-corrected chi connectivity index (χ4v) is 2.88. The zero-order valence-corrected chi connectivity index (χ0v) is 16.1. The minimum Gasteiger partial charge on any atom is -0.493 e. The second kappa shape index (κ2) is 7.96. The topological polar surface area (TPSA) is 77.4 Å². The zero-order valence-electron chi connectivity index (χ0n) is 16.1. The Balaban J connectivity index is 1.97. The Morgan fingerprint density at radius 2 is 1.61 bits per heavy atom. The number of imide groups is 1. The lowest BCUT2D eigenvalue weighted by Crippen LogP contribution is -2.29. The van der Waals surface area contributed by atoms with Crippen molar-refractivity contribution in [2.75, 3.05) is 21.3 Å². The quantitative estimate of drug-likeness (QED) is 0.588. The SMILES string of the molecule is COc1cc(/C=C2/C(=O)N(C(=O)c3ccccc3)N=C2C)cc(OC)c1OC. The van der Waals surface area contributed by atoms with Crippen LogP contribution in [0.15, 0.2) is 53.1 Å². The predicted octanol–water partition coefficient (Wildman–Crippen LogP) is 3.15. The van der Waals surface area contributed by atoms with E-state index in [1.807, 2.05) is 0 Å². The van der Waals surface area contributed by atoms with E-state index in [1.165, 1.54) is 21.3 Å². The first-order valence-electron chi connectivity index (χ1n) is 8.51. The van der Waals surface area contributed by atoms with Crippen LogP contribution in [-0.4, -0.2) is 43.9 Å². The van der Waals surface area contributed by atoms with Crippen LogP contribution in [0.4, 0.5) is 0 Å². The number of carbonyl (C=O) groups is 2. The highest BCUT2D eigenvalue weighted by Crippen LogP contribution is 2.39. The molecule has 1 heterocycles. The number of ether oxygens (including phenoxy) is 3. The normalized spacial score (nSPS) is 14.9. The zero-order chi connectivity index (χ0) is 20.3. The van der Waals surface area contributed by atoms with E-state index in [1.54, 1.807) is 55.5 Å². The highest BCUT2D eigenvalue weighted by molar-refractivity contribution is 6.30. The monoisotopic (exact) mass is 380 g/mol. The Morgan fingerprint density at radius 3 is 2.14 bits per heavy atom. The molecule has 2 aromatic carbocycles. The number of methoxy groups -OCH3 is 3. The summed E-state index contributed by atoms with van der Waals surface area (Å²) in [5.74, 6) is 0.423. The molecule has 3 rings (SSSR count). The van der Waals surface area contributed by atoms with Crippen molar-refractivity contribution < 1.29 is 23.8 Å². The van der Waals surface area contributed by atoms with Gasteiger partial charge in [0.1, 0.15) is 0 Å². The summed E-state index contributed by atoms with van der Waals surface area (Å²) in [5, 5.41) is 5.02. The Bertz CT molecular complexity index is 955. The van der Waals surface area contributed by atoms with Crippen molar-refractivity contribution in [3.63, 3.8) is 0 Å². The maximum absolute atomic E-state index is 12.8. The molecular formula is C21H20N2O5. The summed E-state index contributed by atoms with van der Waals surface area (Å²) in [4.78, 5) is 25.4. The fraction of sp³-hybridized carbons (Fsp3) is 0.190. The van der Waals surface area contributed by atoms with E-state index < -0.39 is 11.8 Å². The summed E-state index contributed by atoms with van der Waals surface area (Å²) in [6, 6.07) is 12.0. The molecule has 1 aliphatic heterocycles. The van der Waals surface area contributed by atoms with Gasteiger partial charge in [0.25, 0.3) is 11.8 Å². The Labute approximate surface area is 162 Å². The second-order valence-electron chi connectivity index (χ2n) is 5.99. The van der Waals surface area contributed by atoms with Gasteiger partial charge >= 0.3 is 0 Å². The number of rotatable bonds is 5. The number of nitrogens with zero attached hydrogens (tertiary/aromatic N) is 2. The first kappa shape index (κ1) is 19.2. The van der Waals surface area contributed by atoms with Gasteiger partial charge in [-0.25, -0.2) is 0 Å². The number of hydrogen-bond donors (Lipinski definition) is 0. The first-order chi connectivity index (χ1) is 13.5. The molecule has 0 atom stereocenters. The van der Waals surface area contributed by atoms with E-state index in [0.29, 0.717) is 39.7 Å².